The first-order valence-electron chi connectivity index (χ1n) is 44.5. The first-order chi connectivity index (χ1) is 63.9. The molecule has 0 aliphatic rings. The van der Waals surface area contributed by atoms with Gasteiger partial charge in [-0.25, -0.2) is 26.7 Å². The van der Waals surface area contributed by atoms with E-state index in [4.69, 9.17) is 14.2 Å². The molecule has 0 saturated heterocycles. The van der Waals surface area contributed by atoms with E-state index in [1.807, 2.05) is 121 Å². The van der Waals surface area contributed by atoms with E-state index in [0.29, 0.717) is 71.4 Å². The monoisotopic (exact) mass is 1800 g/mol. The van der Waals surface area contributed by atoms with Crippen LogP contribution in [0, 0.1) is 29.1 Å². The number of aromatic hydroxyl groups is 5. The van der Waals surface area contributed by atoms with Crippen LogP contribution in [0.4, 0.5) is 39.0 Å². The van der Waals surface area contributed by atoms with Gasteiger partial charge in [0.1, 0.15) is 57.3 Å². The molecule has 0 aliphatic heterocycles. The van der Waals surface area contributed by atoms with Crippen molar-refractivity contribution < 1.29 is 100.0 Å². The van der Waals surface area contributed by atoms with Crippen LogP contribution >= 0.6 is 0 Å². The Morgan fingerprint density at radius 3 is 1.19 bits per heavy atom. The number of hydrogen-bond acceptors (Lipinski definition) is 18. The summed E-state index contributed by atoms with van der Waals surface area (Å²) in [5.74, 6) is -14.0. The van der Waals surface area contributed by atoms with Crippen LogP contribution in [0.15, 0.2) is 267 Å². The van der Waals surface area contributed by atoms with Crippen LogP contribution in [0.5, 0.6) is 51.7 Å². The highest BCUT2D eigenvalue weighted by Crippen LogP contribution is 2.34. The number of halogens is 5. The van der Waals surface area contributed by atoms with Gasteiger partial charge in [-0.3, -0.25) is 28.8 Å². The molecule has 0 saturated carbocycles. The Morgan fingerprint density at radius 2 is 0.697 bits per heavy atom. The van der Waals surface area contributed by atoms with E-state index in [0.717, 1.165) is 126 Å². The molecule has 12 rings (SSSR count). The SMILES string of the molecule is CCCCCCCCC(=O)Nc1ccc(O)c(C(=O)c2ccccc2)c1.CCCCCCOc1ccc(C(=O)c2ccc(OCCCCCC)cc2O)c(O)c1.CCCCN(CCCC)c1ccc(O)c(C(=O)c2ccccc2)c1.O=C(c1ccc(OC(=O)c2c(F)c(F)c(F)c(F)c2F)cc1)c1ccccc1O.O=C(c1ccccc1)c1ccccc1NCOc1ccccc1. The molecule has 0 aromatic heterocycles. The topological polar surface area (TPSA) is 285 Å². The number of phenolic OH excluding ortho intramolecular Hbond substituents is 5. The minimum Gasteiger partial charge on any atom is -0.507 e. The number of phenols is 5. The summed E-state index contributed by atoms with van der Waals surface area (Å²) in [4.78, 5) is 89.2. The minimum absolute atomic E-state index is 0.00610. The van der Waals surface area contributed by atoms with Crippen molar-refractivity contribution in [2.75, 3.05) is 48.6 Å². The largest absolute Gasteiger partial charge is 0.507 e. The number of nitrogens with zero attached hydrogens (tertiary/aromatic N) is 1. The summed E-state index contributed by atoms with van der Waals surface area (Å²) in [6.07, 6.45) is 20.5. The number of carbonyl (C=O) groups excluding carboxylic acids is 7. The Bertz CT molecular complexity index is 5590. The molecular weight excluding hydrogens is 1690 g/mol. The molecule has 692 valence electrons. The lowest BCUT2D eigenvalue weighted by Gasteiger charge is -2.25. The van der Waals surface area contributed by atoms with E-state index in [1.54, 1.807) is 60.7 Å². The Kier molecular flexibility index (Phi) is 43.3. The Morgan fingerprint density at radius 1 is 0.311 bits per heavy atom. The lowest BCUT2D eigenvalue weighted by Crippen LogP contribution is -2.25. The van der Waals surface area contributed by atoms with E-state index >= 15 is 0 Å². The highest BCUT2D eigenvalue weighted by molar-refractivity contribution is 6.14. The molecule has 1 amide bonds. The zero-order chi connectivity index (χ0) is 95.1. The molecule has 12 aromatic rings. The molecule has 0 unspecified atom stereocenters. The summed E-state index contributed by atoms with van der Waals surface area (Å²) in [5.41, 5.74) is 3.86. The summed E-state index contributed by atoms with van der Waals surface area (Å²) in [5, 5.41) is 56.4. The molecule has 132 heavy (non-hydrogen) atoms. The third-order valence-corrected chi connectivity index (χ3v) is 20.8. The van der Waals surface area contributed by atoms with Crippen LogP contribution in [0.2, 0.25) is 0 Å². The van der Waals surface area contributed by atoms with Crippen LogP contribution in [-0.4, -0.2) is 99.4 Å². The van der Waals surface area contributed by atoms with Gasteiger partial charge in [-0.15, -0.1) is 0 Å². The second-order valence-corrected chi connectivity index (χ2v) is 30.8. The van der Waals surface area contributed by atoms with Gasteiger partial charge in [-0.2, -0.15) is 0 Å². The first-order valence-corrected chi connectivity index (χ1v) is 44.5. The van der Waals surface area contributed by atoms with Crippen molar-refractivity contribution in [3.63, 3.8) is 0 Å². The van der Waals surface area contributed by atoms with Gasteiger partial charge in [-0.05, 0) is 153 Å². The molecule has 12 aromatic carbocycles. The number of anilines is 3. The fourth-order valence-corrected chi connectivity index (χ4v) is 13.4. The number of carbonyl (C=O) groups is 7. The van der Waals surface area contributed by atoms with Crippen molar-refractivity contribution in [2.45, 2.75) is 157 Å². The second kappa shape index (κ2) is 55.5. The normalized spacial score (nSPS) is 10.5. The number of ketones is 5. The molecule has 0 radical (unpaired) electrons. The molecule has 19 nitrogen and oxygen atoms in total. The van der Waals surface area contributed by atoms with Crippen LogP contribution in [0.3, 0.4) is 0 Å². The van der Waals surface area contributed by atoms with E-state index in [1.165, 1.54) is 105 Å². The van der Waals surface area contributed by atoms with Gasteiger partial charge >= 0.3 is 5.97 Å². The second-order valence-electron chi connectivity index (χ2n) is 30.8. The number of ether oxygens (including phenoxy) is 4. The number of esters is 1. The molecule has 0 spiro atoms. The van der Waals surface area contributed by atoms with Gasteiger partial charge in [0, 0.05) is 76.5 Å². The fraction of sp³-hybridized carbons (Fsp3) is 0.269. The number of hydrogen-bond donors (Lipinski definition) is 7. The zero-order valence-electron chi connectivity index (χ0n) is 74.9. The summed E-state index contributed by atoms with van der Waals surface area (Å²) in [6.45, 7) is 14.2. The maximum atomic E-state index is 13.7. The van der Waals surface area contributed by atoms with E-state index in [-0.39, 0.29) is 85.6 Å². The number of rotatable bonds is 43. The molecule has 24 heteroatoms. The van der Waals surface area contributed by atoms with Crippen LogP contribution in [-0.2, 0) is 4.79 Å². The number of para-hydroxylation sites is 3. The number of benzene rings is 12. The third-order valence-electron chi connectivity index (χ3n) is 20.8. The van der Waals surface area contributed by atoms with Crippen LogP contribution in [0.1, 0.15) is 247 Å². The maximum Gasteiger partial charge on any atom is 0.349 e. The number of amides is 1. The molecule has 0 aliphatic carbocycles. The lowest BCUT2D eigenvalue weighted by atomic mass is 10.0. The quantitative estimate of drug-likeness (QED) is 0.00215. The Labute approximate surface area is 767 Å². The highest BCUT2D eigenvalue weighted by atomic mass is 19.2. The van der Waals surface area contributed by atoms with E-state index in [9.17, 15) is 81.0 Å². The first kappa shape index (κ1) is 103. The predicted molar refractivity (Wildman–Crippen MR) is 505 cm³/mol. The average molecular weight is 1810 g/mol. The third kappa shape index (κ3) is 32.1. The number of nitrogens with one attached hydrogen (secondary N) is 2. The van der Waals surface area contributed by atoms with Crippen molar-refractivity contribution in [3.8, 4) is 51.7 Å². The van der Waals surface area contributed by atoms with E-state index in [2.05, 4.69) is 54.9 Å². The van der Waals surface area contributed by atoms with Gasteiger partial charge < -0.3 is 60.0 Å². The molecule has 0 atom stereocenters. The predicted octanol–water partition coefficient (Wildman–Crippen LogP) is 25.5. The van der Waals surface area contributed by atoms with E-state index < -0.39 is 52.2 Å². The molecule has 0 bridgehead atoms. The van der Waals surface area contributed by atoms with Crippen molar-refractivity contribution >= 4 is 57.9 Å². The lowest BCUT2D eigenvalue weighted by molar-refractivity contribution is -0.116. The van der Waals surface area contributed by atoms with Gasteiger partial charge in [0.15, 0.2) is 58.9 Å². The van der Waals surface area contributed by atoms with Crippen molar-refractivity contribution in [1.82, 2.24) is 0 Å². The minimum atomic E-state index is -2.40. The molecular formula is C108H114F5N3O16. The van der Waals surface area contributed by atoms with Crippen molar-refractivity contribution in [1.29, 1.82) is 0 Å². The summed E-state index contributed by atoms with van der Waals surface area (Å²) in [7, 11) is 0. The molecule has 7 N–H and O–H groups in total. The highest BCUT2D eigenvalue weighted by Gasteiger charge is 2.32. The van der Waals surface area contributed by atoms with Gasteiger partial charge in [-0.1, -0.05) is 252 Å². The van der Waals surface area contributed by atoms with Gasteiger partial charge in [0.05, 0.1) is 41.0 Å². The number of unbranched alkanes of at least 4 members (excludes halogenated alkanes) is 13. The Hall–Kier alpha value is -14.4. The Balaban J connectivity index is 0.000000204. The van der Waals surface area contributed by atoms with Crippen molar-refractivity contribution in [2.24, 2.45) is 0 Å². The van der Waals surface area contributed by atoms with Crippen molar-refractivity contribution in [3.05, 3.63) is 357 Å². The maximum absolute atomic E-state index is 13.7. The van der Waals surface area contributed by atoms with Gasteiger partial charge in [0.25, 0.3) is 0 Å². The fourth-order valence-electron chi connectivity index (χ4n) is 13.4. The van der Waals surface area contributed by atoms with Crippen LogP contribution in [0.25, 0.3) is 0 Å². The summed E-state index contributed by atoms with van der Waals surface area (Å²) >= 11 is 0. The standard InChI is InChI=1S/C25H34O5.C22H27NO3.C21H27NO2.C20H9F5O4.C20H17NO2/c1-3-5-7-9-15-29-19-11-13-21(23(26)17-19)25(28)22-14-12-20(18-24(22)27)30-16-10-8-6-4-2;1-2-3-4-5-6-10-13-21(25)23-18-14-15-20(24)19(16-18)22(26)17-11-8-7-9-12-17;1-3-5-14-22(15-6-4-2)18-12-13-20(23)19(16-18)21(24)17-10-8-7-9-11-17;21-14-13(15(22)17(24)18(25)16(14)23)20(28)29-10-7-5-9(6-8-10)19(27)11-3-1-2-4-12(11)26;22-20(16-9-3-1-4-10-16)18-13-7-8-14-19(18)21-15-23-17-11-5-2-6-12-17/h11-14,17-18,26-27H,3-10,15-16H2,1-2H3;7-9,11-12,14-16,24H,2-6,10,13H2,1H3,(H,23,25);7-13,16,23H,3-6,14-15H2,1-2H3;1-8,26H;1-14,21H,15H2. The summed E-state index contributed by atoms with van der Waals surface area (Å²) < 4.78 is 88.3. The molecule has 0 fully saturated rings. The van der Waals surface area contributed by atoms with Gasteiger partial charge in [0.2, 0.25) is 11.7 Å². The molecule has 0 heterocycles. The zero-order valence-corrected chi connectivity index (χ0v) is 74.9. The van der Waals surface area contributed by atoms with Crippen LogP contribution < -0.4 is 34.5 Å². The summed E-state index contributed by atoms with van der Waals surface area (Å²) in [6, 6.07) is 73.7. The average Bonchev–Trinajstić information content (AvgIpc) is 0.769. The smallest absolute Gasteiger partial charge is 0.349 e.